The molecule has 2 aromatic carbocycles. The van der Waals surface area contributed by atoms with Gasteiger partial charge < -0.3 is 15.0 Å². The Hall–Kier alpha value is -2.49. The smallest absolute Gasteiger partial charge is 0.174 e. The van der Waals surface area contributed by atoms with Crippen LogP contribution in [0.1, 0.15) is 0 Å². The first-order valence-electron chi connectivity index (χ1n) is 5.21. The lowest BCUT2D eigenvalue weighted by Crippen LogP contribution is -1.84. The Morgan fingerprint density at radius 3 is 2.65 bits per heavy atom. The minimum absolute atomic E-state index is 0.395. The number of fused-ring (bicyclic) bond motifs is 1. The zero-order chi connectivity index (χ0) is 11.7. The number of hydrogen-bond acceptors (Lipinski definition) is 4. The summed E-state index contributed by atoms with van der Waals surface area (Å²) in [6.45, 7) is 0. The van der Waals surface area contributed by atoms with Gasteiger partial charge in [-0.2, -0.15) is 0 Å². The number of rotatable bonds is 2. The van der Waals surface area contributed by atoms with Crippen molar-refractivity contribution in [1.82, 2.24) is 5.16 Å². The second-order valence-electron chi connectivity index (χ2n) is 3.64. The molecule has 0 radical (unpaired) electrons. The van der Waals surface area contributed by atoms with E-state index in [9.17, 15) is 0 Å². The van der Waals surface area contributed by atoms with Crippen LogP contribution < -0.4 is 10.5 Å². The number of benzene rings is 2. The second kappa shape index (κ2) is 3.83. The number of anilines is 1. The molecule has 3 aromatic rings. The van der Waals surface area contributed by atoms with E-state index < -0.39 is 0 Å². The molecule has 0 fully saturated rings. The van der Waals surface area contributed by atoms with Gasteiger partial charge in [0.15, 0.2) is 11.4 Å². The summed E-state index contributed by atoms with van der Waals surface area (Å²) < 4.78 is 10.7. The molecule has 0 amide bonds. The van der Waals surface area contributed by atoms with Crippen molar-refractivity contribution in [3.8, 4) is 11.5 Å². The maximum absolute atomic E-state index is 5.67. The summed E-state index contributed by atoms with van der Waals surface area (Å²) in [6.07, 6.45) is 0. The average Bonchev–Trinajstić information content (AvgIpc) is 2.72. The SMILES string of the molecule is Nc1noc2cc(Oc3ccccc3)ccc12. The first-order valence-corrected chi connectivity index (χ1v) is 5.21. The summed E-state index contributed by atoms with van der Waals surface area (Å²) >= 11 is 0. The molecule has 0 unspecified atom stereocenters. The van der Waals surface area contributed by atoms with E-state index in [1.54, 1.807) is 6.07 Å². The number of para-hydroxylation sites is 1. The van der Waals surface area contributed by atoms with Crippen LogP contribution in [-0.4, -0.2) is 5.16 Å². The summed E-state index contributed by atoms with van der Waals surface area (Å²) in [7, 11) is 0. The van der Waals surface area contributed by atoms with Crippen LogP contribution >= 0.6 is 0 Å². The van der Waals surface area contributed by atoms with Crippen molar-refractivity contribution in [3.63, 3.8) is 0 Å². The van der Waals surface area contributed by atoms with Crippen LogP contribution in [0.2, 0.25) is 0 Å². The molecular weight excluding hydrogens is 216 g/mol. The third-order valence-electron chi connectivity index (χ3n) is 2.45. The van der Waals surface area contributed by atoms with Crippen LogP contribution in [0.25, 0.3) is 11.0 Å². The summed E-state index contributed by atoms with van der Waals surface area (Å²) in [6, 6.07) is 15.0. The van der Waals surface area contributed by atoms with Gasteiger partial charge in [0, 0.05) is 6.07 Å². The third-order valence-corrected chi connectivity index (χ3v) is 2.45. The van der Waals surface area contributed by atoms with E-state index in [1.165, 1.54) is 0 Å². The van der Waals surface area contributed by atoms with Gasteiger partial charge in [-0.25, -0.2) is 0 Å². The number of hydrogen-bond donors (Lipinski definition) is 1. The maximum atomic E-state index is 5.67. The predicted octanol–water partition coefficient (Wildman–Crippen LogP) is 3.20. The van der Waals surface area contributed by atoms with Crippen LogP contribution in [0, 0.1) is 0 Å². The van der Waals surface area contributed by atoms with E-state index in [4.69, 9.17) is 15.0 Å². The van der Waals surface area contributed by atoms with Gasteiger partial charge in [0.2, 0.25) is 0 Å². The van der Waals surface area contributed by atoms with E-state index >= 15 is 0 Å². The van der Waals surface area contributed by atoms with Crippen LogP contribution in [-0.2, 0) is 0 Å². The van der Waals surface area contributed by atoms with Crippen molar-refractivity contribution in [2.75, 3.05) is 5.73 Å². The first-order chi connectivity index (χ1) is 8.33. The standard InChI is InChI=1S/C13H10N2O2/c14-13-11-7-6-10(8-12(11)17-15-13)16-9-4-2-1-3-5-9/h1-8H,(H2,14,15). The summed E-state index contributed by atoms with van der Waals surface area (Å²) in [5.74, 6) is 1.87. The minimum Gasteiger partial charge on any atom is -0.457 e. The molecule has 84 valence electrons. The molecule has 0 aliphatic rings. The number of nitrogen functional groups attached to an aromatic ring is 1. The summed E-state index contributed by atoms with van der Waals surface area (Å²) in [5.41, 5.74) is 6.25. The van der Waals surface area contributed by atoms with Gasteiger partial charge in [0.05, 0.1) is 5.39 Å². The van der Waals surface area contributed by atoms with Crippen molar-refractivity contribution in [2.24, 2.45) is 0 Å². The van der Waals surface area contributed by atoms with Crippen molar-refractivity contribution in [2.45, 2.75) is 0 Å². The fraction of sp³-hybridized carbons (Fsp3) is 0. The zero-order valence-electron chi connectivity index (χ0n) is 8.96. The number of aromatic nitrogens is 1. The van der Waals surface area contributed by atoms with Gasteiger partial charge in [-0.1, -0.05) is 23.4 Å². The highest BCUT2D eigenvalue weighted by atomic mass is 16.5. The fourth-order valence-electron chi connectivity index (χ4n) is 1.63. The highest BCUT2D eigenvalue weighted by molar-refractivity contribution is 5.87. The Labute approximate surface area is 97.6 Å². The van der Waals surface area contributed by atoms with Crippen molar-refractivity contribution < 1.29 is 9.26 Å². The highest BCUT2D eigenvalue weighted by Crippen LogP contribution is 2.27. The lowest BCUT2D eigenvalue weighted by molar-refractivity contribution is 0.454. The van der Waals surface area contributed by atoms with Gasteiger partial charge in [0.1, 0.15) is 11.5 Å². The fourth-order valence-corrected chi connectivity index (χ4v) is 1.63. The van der Waals surface area contributed by atoms with Crippen molar-refractivity contribution >= 4 is 16.8 Å². The van der Waals surface area contributed by atoms with E-state index in [0.29, 0.717) is 17.2 Å². The van der Waals surface area contributed by atoms with Crippen LogP contribution in [0.3, 0.4) is 0 Å². The van der Waals surface area contributed by atoms with Gasteiger partial charge in [0.25, 0.3) is 0 Å². The normalized spacial score (nSPS) is 10.6. The van der Waals surface area contributed by atoms with Gasteiger partial charge >= 0.3 is 0 Å². The van der Waals surface area contributed by atoms with Crippen molar-refractivity contribution in [3.05, 3.63) is 48.5 Å². The monoisotopic (exact) mass is 226 g/mol. The molecule has 17 heavy (non-hydrogen) atoms. The first kappa shape index (κ1) is 9.72. The molecule has 0 aliphatic carbocycles. The molecule has 3 rings (SSSR count). The number of nitrogens with two attached hydrogens (primary N) is 1. The molecule has 1 heterocycles. The lowest BCUT2D eigenvalue weighted by atomic mass is 10.2. The highest BCUT2D eigenvalue weighted by Gasteiger charge is 2.06. The van der Waals surface area contributed by atoms with Crippen molar-refractivity contribution in [1.29, 1.82) is 0 Å². The molecule has 0 atom stereocenters. The largest absolute Gasteiger partial charge is 0.457 e. The molecule has 4 nitrogen and oxygen atoms in total. The summed E-state index contributed by atoms with van der Waals surface area (Å²) in [5, 5.41) is 4.49. The van der Waals surface area contributed by atoms with Gasteiger partial charge in [-0.3, -0.25) is 0 Å². The third kappa shape index (κ3) is 1.80. The van der Waals surface area contributed by atoms with Gasteiger partial charge in [-0.15, -0.1) is 0 Å². The molecule has 0 saturated heterocycles. The summed E-state index contributed by atoms with van der Waals surface area (Å²) in [4.78, 5) is 0. The Bertz CT molecular complexity index is 647. The van der Waals surface area contributed by atoms with E-state index in [0.717, 1.165) is 11.1 Å². The Morgan fingerprint density at radius 2 is 1.82 bits per heavy atom. The molecule has 2 N–H and O–H groups in total. The molecule has 0 bridgehead atoms. The Balaban J connectivity index is 1.96. The molecule has 4 heteroatoms. The molecule has 0 saturated carbocycles. The number of ether oxygens (including phenoxy) is 1. The van der Waals surface area contributed by atoms with E-state index in [2.05, 4.69) is 5.16 Å². The van der Waals surface area contributed by atoms with Crippen LogP contribution in [0.15, 0.2) is 53.1 Å². The number of nitrogens with zero attached hydrogens (tertiary/aromatic N) is 1. The Morgan fingerprint density at radius 1 is 1.00 bits per heavy atom. The molecule has 1 aromatic heterocycles. The topological polar surface area (TPSA) is 61.3 Å². The predicted molar refractivity (Wildman–Crippen MR) is 64.9 cm³/mol. The van der Waals surface area contributed by atoms with Crippen LogP contribution in [0.5, 0.6) is 11.5 Å². The lowest BCUT2D eigenvalue weighted by Gasteiger charge is -2.04. The Kier molecular flexibility index (Phi) is 2.19. The molecule has 0 aliphatic heterocycles. The zero-order valence-corrected chi connectivity index (χ0v) is 8.96. The molecule has 0 spiro atoms. The average molecular weight is 226 g/mol. The van der Waals surface area contributed by atoms with Crippen LogP contribution in [0.4, 0.5) is 5.82 Å². The molecular formula is C13H10N2O2. The second-order valence-corrected chi connectivity index (χ2v) is 3.64. The van der Waals surface area contributed by atoms with Gasteiger partial charge in [-0.05, 0) is 24.3 Å². The van der Waals surface area contributed by atoms with E-state index in [1.807, 2.05) is 42.5 Å². The minimum atomic E-state index is 0.395. The van der Waals surface area contributed by atoms with E-state index in [-0.39, 0.29) is 0 Å². The maximum Gasteiger partial charge on any atom is 0.174 e. The quantitative estimate of drug-likeness (QED) is 0.728.